The van der Waals surface area contributed by atoms with Crippen LogP contribution in [0.25, 0.3) is 38.5 Å². The Morgan fingerprint density at radius 3 is 2.00 bits per heavy atom. The molecule has 0 unspecified atom stereocenters. The number of fused-ring (bicyclic) bond motifs is 7. The maximum absolute atomic E-state index is 6.68. The maximum atomic E-state index is 6.68. The number of rotatable bonds is 4. The van der Waals surface area contributed by atoms with Crippen molar-refractivity contribution in [1.29, 1.82) is 0 Å². The van der Waals surface area contributed by atoms with Crippen LogP contribution in [0.4, 0.5) is 28.6 Å². The average molecular weight is 556 g/mol. The number of anilines is 5. The van der Waals surface area contributed by atoms with Gasteiger partial charge in [0.25, 0.3) is 0 Å². The largest absolute Gasteiger partial charge is 0.456 e. The minimum Gasteiger partial charge on any atom is -0.456 e. The first-order valence-corrected chi connectivity index (χ1v) is 14.4. The number of hydrogen-bond acceptors (Lipinski definition) is 4. The highest BCUT2D eigenvalue weighted by Gasteiger charge is 2.33. The molecule has 204 valence electrons. The first-order valence-electron chi connectivity index (χ1n) is 14.4. The molecular weight excluding hydrogens is 530 g/mol. The molecule has 5 heteroatoms. The van der Waals surface area contributed by atoms with Gasteiger partial charge in [0.1, 0.15) is 11.2 Å². The molecule has 1 aliphatic heterocycles. The van der Waals surface area contributed by atoms with Crippen molar-refractivity contribution in [3.05, 3.63) is 146 Å². The molecule has 3 heterocycles. The van der Waals surface area contributed by atoms with Gasteiger partial charge in [-0.1, -0.05) is 66.7 Å². The quantitative estimate of drug-likeness (QED) is 0.235. The number of benzene rings is 6. The summed E-state index contributed by atoms with van der Waals surface area (Å²) in [7, 11) is 0. The molecule has 0 radical (unpaired) electrons. The van der Waals surface area contributed by atoms with E-state index in [9.17, 15) is 0 Å². The van der Waals surface area contributed by atoms with Crippen molar-refractivity contribution in [2.24, 2.45) is 0 Å². The third-order valence-corrected chi connectivity index (χ3v) is 8.12. The summed E-state index contributed by atoms with van der Waals surface area (Å²) in [6, 6.07) is 50.0. The zero-order valence-electron chi connectivity index (χ0n) is 23.1. The van der Waals surface area contributed by atoms with E-state index in [2.05, 4.69) is 118 Å². The summed E-state index contributed by atoms with van der Waals surface area (Å²) >= 11 is 0. The molecule has 43 heavy (non-hydrogen) atoms. The van der Waals surface area contributed by atoms with Gasteiger partial charge in [0.05, 0.1) is 11.2 Å². The van der Waals surface area contributed by atoms with E-state index >= 15 is 0 Å². The van der Waals surface area contributed by atoms with Gasteiger partial charge < -0.3 is 14.5 Å². The van der Waals surface area contributed by atoms with E-state index in [4.69, 9.17) is 9.15 Å². The van der Waals surface area contributed by atoms with Crippen LogP contribution in [0.5, 0.6) is 11.5 Å². The van der Waals surface area contributed by atoms with Gasteiger partial charge in [-0.25, -0.2) is 0 Å². The van der Waals surface area contributed by atoms with Crippen molar-refractivity contribution < 1.29 is 9.15 Å². The molecule has 5 nitrogen and oxygen atoms in total. The predicted molar refractivity (Wildman–Crippen MR) is 175 cm³/mol. The molecule has 0 saturated carbocycles. The molecule has 0 fully saturated rings. The molecule has 0 aliphatic carbocycles. The van der Waals surface area contributed by atoms with Crippen LogP contribution in [0.2, 0.25) is 0 Å². The number of nitrogens with one attached hydrogen (secondary N) is 1. The topological polar surface area (TPSA) is 42.6 Å². The molecule has 0 atom stereocenters. The zero-order valence-corrected chi connectivity index (χ0v) is 23.1. The van der Waals surface area contributed by atoms with Crippen LogP contribution in [0.3, 0.4) is 0 Å². The molecule has 1 aliphatic rings. The van der Waals surface area contributed by atoms with E-state index in [1.165, 1.54) is 0 Å². The fourth-order valence-electron chi connectivity index (χ4n) is 6.22. The first-order chi connectivity index (χ1) is 21.3. The predicted octanol–water partition coefficient (Wildman–Crippen LogP) is 10.8. The molecule has 0 spiro atoms. The average Bonchev–Trinajstić information content (AvgIpc) is 3.59. The summed E-state index contributed by atoms with van der Waals surface area (Å²) in [5.74, 6) is 2.62. The van der Waals surface area contributed by atoms with Crippen molar-refractivity contribution >= 4 is 61.4 Å². The van der Waals surface area contributed by atoms with Gasteiger partial charge in [-0.15, -0.1) is 0 Å². The van der Waals surface area contributed by atoms with Gasteiger partial charge >= 0.3 is 0 Å². The van der Waals surface area contributed by atoms with E-state index in [1.54, 1.807) is 0 Å². The fourth-order valence-corrected chi connectivity index (χ4v) is 6.22. The summed E-state index contributed by atoms with van der Waals surface area (Å²) in [4.78, 5) is 2.30. The summed E-state index contributed by atoms with van der Waals surface area (Å²) < 4.78 is 15.1. The van der Waals surface area contributed by atoms with Crippen LogP contribution in [0.15, 0.2) is 150 Å². The lowest BCUT2D eigenvalue weighted by Gasteiger charge is -2.32. The maximum Gasteiger partial charge on any atom is 0.178 e. The highest BCUT2D eigenvalue weighted by atomic mass is 16.5. The standard InChI is InChI=1S/C38H25N3O2/c1-3-11-27(12-4-1)40-32-16-8-10-18-35(32)43-37-31-22-20-25(23-33(31)41(38(37)40)28-13-5-2-6-14-28)39-26-19-21-30-29-15-7-9-17-34(29)42-36(30)24-26/h1-24,39H. The molecule has 9 rings (SSSR count). The number of para-hydroxylation sites is 5. The van der Waals surface area contributed by atoms with Crippen molar-refractivity contribution in [2.75, 3.05) is 10.2 Å². The van der Waals surface area contributed by atoms with Crippen molar-refractivity contribution in [2.45, 2.75) is 0 Å². The van der Waals surface area contributed by atoms with Gasteiger partial charge in [0.2, 0.25) is 0 Å². The number of nitrogens with zero attached hydrogens (tertiary/aromatic N) is 2. The molecule has 0 saturated heterocycles. The number of furan rings is 1. The minimum atomic E-state index is 0.826. The summed E-state index contributed by atoms with van der Waals surface area (Å²) in [5.41, 5.74) is 7.85. The summed E-state index contributed by atoms with van der Waals surface area (Å²) in [6.07, 6.45) is 0. The van der Waals surface area contributed by atoms with Crippen LogP contribution in [0, 0.1) is 0 Å². The van der Waals surface area contributed by atoms with Crippen molar-refractivity contribution in [3.63, 3.8) is 0 Å². The summed E-state index contributed by atoms with van der Waals surface area (Å²) in [6.45, 7) is 0. The Morgan fingerprint density at radius 1 is 0.512 bits per heavy atom. The van der Waals surface area contributed by atoms with E-state index in [0.717, 1.165) is 78.6 Å². The summed E-state index contributed by atoms with van der Waals surface area (Å²) in [5, 5.41) is 6.90. The molecule has 6 aromatic carbocycles. The third kappa shape index (κ3) is 3.72. The van der Waals surface area contributed by atoms with E-state index in [-0.39, 0.29) is 0 Å². The lowest BCUT2D eigenvalue weighted by atomic mass is 10.1. The molecule has 0 bridgehead atoms. The van der Waals surface area contributed by atoms with Gasteiger partial charge in [-0.05, 0) is 72.8 Å². The monoisotopic (exact) mass is 555 g/mol. The van der Waals surface area contributed by atoms with Crippen LogP contribution in [0.1, 0.15) is 0 Å². The van der Waals surface area contributed by atoms with Gasteiger partial charge in [-0.2, -0.15) is 0 Å². The zero-order chi connectivity index (χ0) is 28.3. The minimum absolute atomic E-state index is 0.826. The Kier molecular flexibility index (Phi) is 5.13. The number of ether oxygens (including phenoxy) is 1. The van der Waals surface area contributed by atoms with Gasteiger partial charge in [0.15, 0.2) is 17.3 Å². The Labute approximate surface area is 247 Å². The van der Waals surface area contributed by atoms with E-state index in [1.807, 2.05) is 42.5 Å². The lowest BCUT2D eigenvalue weighted by molar-refractivity contribution is 0.481. The second-order valence-electron chi connectivity index (χ2n) is 10.7. The SMILES string of the molecule is c1ccc(N2c3ccccc3Oc3c2n(-c2ccccc2)c2cc(Nc4ccc5c(c4)oc4ccccc45)ccc32)cc1. The second-order valence-corrected chi connectivity index (χ2v) is 10.7. The van der Waals surface area contributed by atoms with Crippen molar-refractivity contribution in [3.8, 4) is 17.2 Å². The van der Waals surface area contributed by atoms with Gasteiger partial charge in [-0.3, -0.25) is 9.47 Å². The first kappa shape index (κ1) is 23.7. The fraction of sp³-hybridized carbons (Fsp3) is 0. The number of aromatic nitrogens is 1. The van der Waals surface area contributed by atoms with E-state index < -0.39 is 0 Å². The van der Waals surface area contributed by atoms with Crippen LogP contribution in [-0.4, -0.2) is 4.57 Å². The Balaban J connectivity index is 1.24. The van der Waals surface area contributed by atoms with Crippen LogP contribution in [-0.2, 0) is 0 Å². The molecule has 8 aromatic rings. The van der Waals surface area contributed by atoms with Crippen molar-refractivity contribution in [1.82, 2.24) is 4.57 Å². The molecular formula is C38H25N3O2. The molecule has 2 aromatic heterocycles. The Bertz CT molecular complexity index is 2300. The molecule has 0 amide bonds. The Hall–Kier alpha value is -5.94. The lowest BCUT2D eigenvalue weighted by Crippen LogP contribution is -2.18. The van der Waals surface area contributed by atoms with Crippen LogP contribution < -0.4 is 15.0 Å². The third-order valence-electron chi connectivity index (χ3n) is 8.12. The van der Waals surface area contributed by atoms with Crippen LogP contribution >= 0.6 is 0 Å². The molecule has 1 N–H and O–H groups in total. The second kappa shape index (κ2) is 9.29. The number of hydrogen-bond donors (Lipinski definition) is 1. The normalized spacial score (nSPS) is 12.3. The highest BCUT2D eigenvalue weighted by molar-refractivity contribution is 6.06. The smallest absolute Gasteiger partial charge is 0.178 e. The highest BCUT2D eigenvalue weighted by Crippen LogP contribution is 2.55. The Morgan fingerprint density at radius 2 is 1.16 bits per heavy atom. The van der Waals surface area contributed by atoms with E-state index in [0.29, 0.717) is 0 Å². The van der Waals surface area contributed by atoms with Gasteiger partial charge in [0, 0.05) is 45.0 Å².